The maximum atomic E-state index is 12.1. The number of hydrogen-bond acceptors (Lipinski definition) is 5. The molecule has 0 radical (unpaired) electrons. The first-order valence-corrected chi connectivity index (χ1v) is 8.85. The maximum Gasteiger partial charge on any atom is 0.260 e. The van der Waals surface area contributed by atoms with Crippen LogP contribution in [-0.4, -0.2) is 45.5 Å². The van der Waals surface area contributed by atoms with E-state index in [0.717, 1.165) is 25.5 Å². The summed E-state index contributed by atoms with van der Waals surface area (Å²) in [5.41, 5.74) is 4.93. The number of rotatable bonds is 4. The first-order chi connectivity index (χ1) is 13.0. The average molecular weight is 371 g/mol. The molecule has 0 spiro atoms. The third-order valence-corrected chi connectivity index (χ3v) is 4.40. The minimum atomic E-state index is -0.494. The van der Waals surface area contributed by atoms with Crippen molar-refractivity contribution in [3.05, 3.63) is 40.7 Å². The van der Waals surface area contributed by atoms with Crippen LogP contribution in [0.2, 0.25) is 0 Å². The second-order valence-corrected chi connectivity index (χ2v) is 6.41. The topological polar surface area (TPSA) is 113 Å². The van der Waals surface area contributed by atoms with E-state index in [-0.39, 0.29) is 24.4 Å². The van der Waals surface area contributed by atoms with Gasteiger partial charge >= 0.3 is 0 Å². The van der Waals surface area contributed by atoms with E-state index in [0.29, 0.717) is 23.9 Å². The normalized spacial score (nSPS) is 14.7. The van der Waals surface area contributed by atoms with Crippen LogP contribution >= 0.6 is 0 Å². The zero-order valence-corrected chi connectivity index (χ0v) is 14.8. The Morgan fingerprint density at radius 2 is 1.74 bits per heavy atom. The van der Waals surface area contributed by atoms with E-state index in [9.17, 15) is 19.2 Å². The predicted molar refractivity (Wildman–Crippen MR) is 97.3 cm³/mol. The van der Waals surface area contributed by atoms with Crippen LogP contribution in [0.1, 0.15) is 25.7 Å². The molecule has 3 amide bonds. The molecule has 1 saturated heterocycles. The SMILES string of the molecule is O=C(CN1CCCCCC1=O)NNC(=O)Cn1ncc(=O)c2ccccc21. The highest BCUT2D eigenvalue weighted by Gasteiger charge is 2.19. The molecule has 0 unspecified atom stereocenters. The fourth-order valence-corrected chi connectivity index (χ4v) is 3.02. The maximum absolute atomic E-state index is 12.1. The highest BCUT2D eigenvalue weighted by Crippen LogP contribution is 2.10. The molecule has 27 heavy (non-hydrogen) atoms. The van der Waals surface area contributed by atoms with Crippen LogP contribution in [0.25, 0.3) is 10.9 Å². The molecule has 2 N–H and O–H groups in total. The molecule has 2 aromatic rings. The van der Waals surface area contributed by atoms with Crippen molar-refractivity contribution in [3.63, 3.8) is 0 Å². The summed E-state index contributed by atoms with van der Waals surface area (Å²) in [7, 11) is 0. The molecule has 9 heteroatoms. The number of hydrogen-bond donors (Lipinski definition) is 2. The van der Waals surface area contributed by atoms with Crippen molar-refractivity contribution >= 4 is 28.6 Å². The predicted octanol–water partition coefficient (Wildman–Crippen LogP) is -0.0535. The van der Waals surface area contributed by atoms with Crippen molar-refractivity contribution in [1.29, 1.82) is 0 Å². The summed E-state index contributed by atoms with van der Waals surface area (Å²) in [6.45, 7) is 0.301. The van der Waals surface area contributed by atoms with Gasteiger partial charge in [-0.25, -0.2) is 0 Å². The molecular weight excluding hydrogens is 350 g/mol. The second-order valence-electron chi connectivity index (χ2n) is 6.41. The molecular formula is C18H21N5O4. The van der Waals surface area contributed by atoms with Gasteiger partial charge in [0.05, 0.1) is 11.7 Å². The van der Waals surface area contributed by atoms with Gasteiger partial charge in [0.25, 0.3) is 11.8 Å². The number of fused-ring (bicyclic) bond motifs is 1. The number of aromatic nitrogens is 2. The Morgan fingerprint density at radius 1 is 1.00 bits per heavy atom. The summed E-state index contributed by atoms with van der Waals surface area (Å²) in [5, 5.41) is 4.43. The van der Waals surface area contributed by atoms with Gasteiger partial charge in [-0.05, 0) is 25.0 Å². The largest absolute Gasteiger partial charge is 0.333 e. The average Bonchev–Trinajstić information content (AvgIpc) is 2.87. The van der Waals surface area contributed by atoms with Crippen LogP contribution in [0.5, 0.6) is 0 Å². The Bertz CT molecular complexity index is 923. The van der Waals surface area contributed by atoms with Gasteiger partial charge in [0.15, 0.2) is 0 Å². The van der Waals surface area contributed by atoms with Gasteiger partial charge in [-0.2, -0.15) is 5.10 Å². The monoisotopic (exact) mass is 371 g/mol. The third-order valence-electron chi connectivity index (χ3n) is 4.40. The summed E-state index contributed by atoms with van der Waals surface area (Å²) in [5.74, 6) is -0.999. The number of benzene rings is 1. The Morgan fingerprint density at radius 3 is 2.56 bits per heavy atom. The van der Waals surface area contributed by atoms with Crippen molar-refractivity contribution in [1.82, 2.24) is 25.5 Å². The number of carbonyl (C=O) groups excluding carboxylic acids is 3. The van der Waals surface area contributed by atoms with Crippen LogP contribution in [0, 0.1) is 0 Å². The van der Waals surface area contributed by atoms with Crippen LogP contribution < -0.4 is 16.3 Å². The van der Waals surface area contributed by atoms with E-state index in [4.69, 9.17) is 0 Å². The van der Waals surface area contributed by atoms with Crippen molar-refractivity contribution in [2.45, 2.75) is 32.2 Å². The quantitative estimate of drug-likeness (QED) is 0.732. The molecule has 3 rings (SSSR count). The lowest BCUT2D eigenvalue weighted by Crippen LogP contribution is -2.48. The lowest BCUT2D eigenvalue weighted by atomic mass is 10.2. The Balaban J connectivity index is 1.55. The van der Waals surface area contributed by atoms with E-state index >= 15 is 0 Å². The third kappa shape index (κ3) is 4.69. The Labute approximate surface area is 155 Å². The first-order valence-electron chi connectivity index (χ1n) is 8.85. The molecule has 1 fully saturated rings. The molecule has 9 nitrogen and oxygen atoms in total. The minimum absolute atomic E-state index is 0.0436. The van der Waals surface area contributed by atoms with Gasteiger partial charge in [-0.1, -0.05) is 18.6 Å². The number of para-hydroxylation sites is 1. The van der Waals surface area contributed by atoms with Gasteiger partial charge in [0, 0.05) is 18.4 Å². The molecule has 1 aliphatic heterocycles. The number of hydrazine groups is 1. The number of carbonyl (C=O) groups is 3. The van der Waals surface area contributed by atoms with Crippen molar-refractivity contribution in [2.24, 2.45) is 0 Å². The van der Waals surface area contributed by atoms with Crippen molar-refractivity contribution < 1.29 is 14.4 Å². The zero-order chi connectivity index (χ0) is 19.2. The smallest absolute Gasteiger partial charge is 0.260 e. The zero-order valence-electron chi connectivity index (χ0n) is 14.8. The van der Waals surface area contributed by atoms with Crippen LogP contribution in [-0.2, 0) is 20.9 Å². The number of nitrogens with zero attached hydrogens (tertiary/aromatic N) is 3. The molecule has 142 valence electrons. The summed E-state index contributed by atoms with van der Waals surface area (Å²) in [6.07, 6.45) is 4.29. The molecule has 0 atom stereocenters. The molecule has 1 aromatic heterocycles. The second kappa shape index (κ2) is 8.43. The molecule has 1 aliphatic rings. The summed E-state index contributed by atoms with van der Waals surface area (Å²) in [4.78, 5) is 49.3. The molecule has 1 aromatic carbocycles. The van der Waals surface area contributed by atoms with Gasteiger partial charge < -0.3 is 4.90 Å². The molecule has 0 aliphatic carbocycles. The van der Waals surface area contributed by atoms with E-state index < -0.39 is 11.8 Å². The lowest BCUT2D eigenvalue weighted by molar-refractivity contribution is -0.136. The molecule has 2 heterocycles. The van der Waals surface area contributed by atoms with Crippen molar-refractivity contribution in [2.75, 3.05) is 13.1 Å². The van der Waals surface area contributed by atoms with Crippen LogP contribution in [0.15, 0.2) is 35.3 Å². The number of likely N-dealkylation sites (tertiary alicyclic amines) is 1. The lowest BCUT2D eigenvalue weighted by Gasteiger charge is -2.19. The summed E-state index contributed by atoms with van der Waals surface area (Å²) in [6, 6.07) is 6.84. The standard InChI is InChI=1S/C18H21N5O4/c24-15-10-19-23(14-7-4-3-6-13(14)15)12-17(26)21-20-16(25)11-22-9-5-1-2-8-18(22)27/h3-4,6-7,10H,1-2,5,8-9,11-12H2,(H,20,25)(H,21,26). The van der Waals surface area contributed by atoms with Crippen LogP contribution in [0.3, 0.4) is 0 Å². The van der Waals surface area contributed by atoms with Gasteiger partial charge in [-0.3, -0.25) is 34.7 Å². The Kier molecular flexibility index (Phi) is 5.80. The van der Waals surface area contributed by atoms with E-state index in [1.807, 2.05) is 0 Å². The Hall–Kier alpha value is -3.23. The van der Waals surface area contributed by atoms with Gasteiger partial charge in [0.2, 0.25) is 11.3 Å². The summed E-state index contributed by atoms with van der Waals surface area (Å²) < 4.78 is 1.39. The molecule has 0 bridgehead atoms. The van der Waals surface area contributed by atoms with Crippen LogP contribution in [0.4, 0.5) is 0 Å². The minimum Gasteiger partial charge on any atom is -0.333 e. The van der Waals surface area contributed by atoms with E-state index in [1.165, 1.54) is 9.58 Å². The highest BCUT2D eigenvalue weighted by molar-refractivity contribution is 5.87. The summed E-state index contributed by atoms with van der Waals surface area (Å²) >= 11 is 0. The number of amides is 3. The number of nitrogens with one attached hydrogen (secondary N) is 2. The van der Waals surface area contributed by atoms with Gasteiger partial charge in [0.1, 0.15) is 13.1 Å². The van der Waals surface area contributed by atoms with Crippen molar-refractivity contribution in [3.8, 4) is 0 Å². The van der Waals surface area contributed by atoms with E-state index in [1.54, 1.807) is 24.3 Å². The molecule has 0 saturated carbocycles. The first kappa shape index (κ1) is 18.6. The fourth-order valence-electron chi connectivity index (χ4n) is 3.02. The fraction of sp³-hybridized carbons (Fsp3) is 0.389. The van der Waals surface area contributed by atoms with E-state index in [2.05, 4.69) is 16.0 Å². The highest BCUT2D eigenvalue weighted by atomic mass is 16.2. The van der Waals surface area contributed by atoms with Gasteiger partial charge in [-0.15, -0.1) is 0 Å².